The largest absolute Gasteiger partial charge is 0.325 e. The first-order chi connectivity index (χ1) is 19.9. The van der Waals surface area contributed by atoms with Crippen molar-refractivity contribution in [2.75, 3.05) is 44.6 Å². The Kier molecular flexibility index (Phi) is 7.46. The number of carbonyl (C=O) groups excluding carboxylic acids is 1. The lowest BCUT2D eigenvalue weighted by Crippen LogP contribution is -2.48. The van der Waals surface area contributed by atoms with Crippen molar-refractivity contribution in [3.8, 4) is 16.8 Å². The van der Waals surface area contributed by atoms with Gasteiger partial charge in [-0.25, -0.2) is 18.7 Å². The van der Waals surface area contributed by atoms with Gasteiger partial charge >= 0.3 is 0 Å². The van der Waals surface area contributed by atoms with Gasteiger partial charge in [0.15, 0.2) is 5.65 Å². The Bertz CT molecular complexity index is 1650. The van der Waals surface area contributed by atoms with Gasteiger partial charge in [0.1, 0.15) is 23.8 Å². The number of aryl methyl sites for hydroxylation is 1. The molecule has 0 bridgehead atoms. The summed E-state index contributed by atoms with van der Waals surface area (Å²) in [6.07, 6.45) is 8.05. The van der Waals surface area contributed by atoms with Gasteiger partial charge in [0, 0.05) is 68.9 Å². The van der Waals surface area contributed by atoms with Crippen LogP contribution in [0.15, 0.2) is 67.2 Å². The summed E-state index contributed by atoms with van der Waals surface area (Å²) in [4.78, 5) is 26.8. The highest BCUT2D eigenvalue weighted by atomic mass is 19.1. The van der Waals surface area contributed by atoms with Crippen LogP contribution in [0.3, 0.4) is 0 Å². The molecule has 4 aromatic rings. The molecule has 1 fully saturated rings. The van der Waals surface area contributed by atoms with Crippen LogP contribution in [0.25, 0.3) is 33.6 Å². The molecular weight excluding hydrogens is 526 g/mol. The highest BCUT2D eigenvalue weighted by molar-refractivity contribution is 5.93. The van der Waals surface area contributed by atoms with E-state index in [0.29, 0.717) is 33.7 Å². The van der Waals surface area contributed by atoms with E-state index in [2.05, 4.69) is 37.1 Å². The number of carbonyl (C=O) groups is 1. The fourth-order valence-electron chi connectivity index (χ4n) is 5.39. The molecule has 4 heterocycles. The van der Waals surface area contributed by atoms with Crippen molar-refractivity contribution < 1.29 is 13.6 Å². The Morgan fingerprint density at radius 3 is 2.54 bits per heavy atom. The molecule has 9 nitrogen and oxygen atoms in total. The van der Waals surface area contributed by atoms with Gasteiger partial charge in [-0.3, -0.25) is 18.9 Å². The fraction of sp³-hybridized carbons (Fsp3) is 0.333. The quantitative estimate of drug-likeness (QED) is 0.363. The molecule has 212 valence electrons. The second kappa shape index (κ2) is 11.3. The molecule has 0 radical (unpaired) electrons. The van der Waals surface area contributed by atoms with Gasteiger partial charge in [-0.1, -0.05) is 13.0 Å². The number of rotatable bonds is 7. The van der Waals surface area contributed by atoms with Crippen LogP contribution in [0.4, 0.5) is 14.5 Å². The summed E-state index contributed by atoms with van der Waals surface area (Å²) >= 11 is 0. The third kappa shape index (κ3) is 5.82. The zero-order valence-corrected chi connectivity index (χ0v) is 23.1. The smallest absolute Gasteiger partial charge is 0.238 e. The zero-order chi connectivity index (χ0) is 28.5. The van der Waals surface area contributed by atoms with Gasteiger partial charge < -0.3 is 10.2 Å². The number of allylic oxidation sites excluding steroid dienone is 4. The third-order valence-corrected chi connectivity index (χ3v) is 7.67. The maximum atomic E-state index is 15.0. The number of anilines is 1. The number of imidazole rings is 1. The van der Waals surface area contributed by atoms with Gasteiger partial charge in [0.25, 0.3) is 0 Å². The number of nitrogens with one attached hydrogen (secondary N) is 1. The summed E-state index contributed by atoms with van der Waals surface area (Å²) in [5, 5.41) is 7.23. The standard InChI is InChI=1S/C30H32F2N8O/c1-3-38-6-8-39(9-7-38)18-29(41)36-24-10-20(26-5-4-23(31)13-27(26)32)11-25(14-24)40-19-34-28-12-21(15-33-30(28)40)22-16-35-37(2)17-22/h4-5,10-12,14-17,19,27H,3,6-9,13,18H2,1-2H3,(H,36,41). The number of aromatic nitrogens is 5. The van der Waals surface area contributed by atoms with Gasteiger partial charge in [-0.2, -0.15) is 5.10 Å². The molecule has 0 spiro atoms. The summed E-state index contributed by atoms with van der Waals surface area (Å²) in [6.45, 7) is 6.93. The highest BCUT2D eigenvalue weighted by Crippen LogP contribution is 2.34. The molecule has 1 N–H and O–H groups in total. The van der Waals surface area contributed by atoms with Gasteiger partial charge in [0.05, 0.1) is 18.4 Å². The molecule has 1 saturated heterocycles. The van der Waals surface area contributed by atoms with E-state index >= 15 is 0 Å². The second-order valence-electron chi connectivity index (χ2n) is 10.5. The molecule has 3 aromatic heterocycles. The van der Waals surface area contributed by atoms with Crippen LogP contribution in [0.1, 0.15) is 18.9 Å². The van der Waals surface area contributed by atoms with E-state index in [-0.39, 0.29) is 18.9 Å². The van der Waals surface area contributed by atoms with E-state index in [1.165, 1.54) is 12.2 Å². The van der Waals surface area contributed by atoms with Crippen molar-refractivity contribution in [3.05, 3.63) is 72.7 Å². The summed E-state index contributed by atoms with van der Waals surface area (Å²) in [7, 11) is 1.86. The van der Waals surface area contributed by atoms with E-state index in [1.54, 1.807) is 34.0 Å². The van der Waals surface area contributed by atoms with E-state index in [4.69, 9.17) is 0 Å². The minimum absolute atomic E-state index is 0.145. The van der Waals surface area contributed by atoms with Crippen LogP contribution < -0.4 is 5.32 Å². The molecule has 2 aliphatic rings. The lowest BCUT2D eigenvalue weighted by molar-refractivity contribution is -0.117. The first-order valence-corrected chi connectivity index (χ1v) is 13.8. The summed E-state index contributed by atoms with van der Waals surface area (Å²) in [5.74, 6) is -0.642. The fourth-order valence-corrected chi connectivity index (χ4v) is 5.39. The van der Waals surface area contributed by atoms with Gasteiger partial charge in [-0.05, 0) is 48.0 Å². The number of hydrogen-bond donors (Lipinski definition) is 1. The Labute approximate surface area is 236 Å². The van der Waals surface area contributed by atoms with E-state index in [1.807, 2.05) is 31.4 Å². The van der Waals surface area contributed by atoms with Crippen molar-refractivity contribution >= 4 is 28.3 Å². The van der Waals surface area contributed by atoms with E-state index < -0.39 is 12.0 Å². The van der Waals surface area contributed by atoms with Crippen molar-refractivity contribution in [2.24, 2.45) is 7.05 Å². The molecule has 6 rings (SSSR count). The maximum Gasteiger partial charge on any atom is 0.238 e. The van der Waals surface area contributed by atoms with Crippen LogP contribution in [0, 0.1) is 0 Å². The Hall–Kier alpha value is -4.22. The number of amides is 1. The Balaban J connectivity index is 1.32. The van der Waals surface area contributed by atoms with E-state index in [9.17, 15) is 13.6 Å². The van der Waals surface area contributed by atoms with E-state index in [0.717, 1.165) is 43.9 Å². The number of alkyl halides is 1. The Morgan fingerprint density at radius 1 is 1.00 bits per heavy atom. The lowest BCUT2D eigenvalue weighted by atomic mass is 9.94. The highest BCUT2D eigenvalue weighted by Gasteiger charge is 2.23. The van der Waals surface area contributed by atoms with Crippen LogP contribution in [0.2, 0.25) is 0 Å². The SMILES string of the molecule is CCN1CCN(CC(=O)Nc2cc(C3=CC=C(F)CC3F)cc(-n3cnc4cc(-c5cnn(C)c5)cnc43)c2)CC1. The number of nitrogens with zero attached hydrogens (tertiary/aromatic N) is 7. The average Bonchev–Trinajstić information content (AvgIpc) is 3.59. The average molecular weight is 559 g/mol. The molecule has 0 saturated carbocycles. The summed E-state index contributed by atoms with van der Waals surface area (Å²) < 4.78 is 32.3. The van der Waals surface area contributed by atoms with Gasteiger partial charge in [0.2, 0.25) is 5.91 Å². The first-order valence-electron chi connectivity index (χ1n) is 13.8. The first kappa shape index (κ1) is 27.0. The normalized spacial score (nSPS) is 18.4. The van der Waals surface area contributed by atoms with Crippen LogP contribution in [0.5, 0.6) is 0 Å². The van der Waals surface area contributed by atoms with Crippen molar-refractivity contribution in [1.82, 2.24) is 34.1 Å². The second-order valence-corrected chi connectivity index (χ2v) is 10.5. The molecular formula is C30H32F2N8O. The number of hydrogen-bond acceptors (Lipinski definition) is 6. The monoisotopic (exact) mass is 558 g/mol. The minimum Gasteiger partial charge on any atom is -0.325 e. The molecule has 1 amide bonds. The molecule has 1 aromatic carbocycles. The van der Waals surface area contributed by atoms with Crippen LogP contribution in [-0.2, 0) is 11.8 Å². The van der Waals surface area contributed by atoms with Crippen molar-refractivity contribution in [2.45, 2.75) is 19.5 Å². The zero-order valence-electron chi connectivity index (χ0n) is 23.1. The predicted molar refractivity (Wildman–Crippen MR) is 155 cm³/mol. The topological polar surface area (TPSA) is 84.1 Å². The lowest BCUT2D eigenvalue weighted by Gasteiger charge is -2.33. The third-order valence-electron chi connectivity index (χ3n) is 7.67. The number of pyridine rings is 1. The predicted octanol–water partition coefficient (Wildman–Crippen LogP) is 4.38. The minimum atomic E-state index is -1.49. The molecule has 1 atom stereocenters. The summed E-state index contributed by atoms with van der Waals surface area (Å²) in [5.41, 5.74) is 5.19. The van der Waals surface area contributed by atoms with Crippen LogP contribution in [-0.4, -0.2) is 85.5 Å². The molecule has 11 heteroatoms. The van der Waals surface area contributed by atoms with Crippen molar-refractivity contribution in [1.29, 1.82) is 0 Å². The number of piperazine rings is 1. The van der Waals surface area contributed by atoms with Crippen molar-refractivity contribution in [3.63, 3.8) is 0 Å². The number of likely N-dealkylation sites (N-methyl/N-ethyl adjacent to an activating group) is 1. The summed E-state index contributed by atoms with van der Waals surface area (Å²) in [6, 6.07) is 7.31. The molecule has 1 aliphatic carbocycles. The maximum absolute atomic E-state index is 15.0. The van der Waals surface area contributed by atoms with Crippen LogP contribution >= 0.6 is 0 Å². The number of fused-ring (bicyclic) bond motifs is 1. The number of benzene rings is 1. The Morgan fingerprint density at radius 2 is 1.80 bits per heavy atom. The molecule has 1 unspecified atom stereocenters. The van der Waals surface area contributed by atoms with Gasteiger partial charge in [-0.15, -0.1) is 0 Å². The molecule has 41 heavy (non-hydrogen) atoms. The molecule has 1 aliphatic heterocycles. The number of halogens is 2.